The number of nitrogens with zero attached hydrogens (tertiary/aromatic N) is 1. The second-order valence-corrected chi connectivity index (χ2v) is 4.22. The van der Waals surface area contributed by atoms with E-state index in [0.29, 0.717) is 5.69 Å². The van der Waals surface area contributed by atoms with E-state index < -0.39 is 17.8 Å². The molecule has 0 aliphatic heterocycles. The molecule has 0 radical (unpaired) electrons. The number of rotatable bonds is 3. The fourth-order valence-corrected chi connectivity index (χ4v) is 1.69. The van der Waals surface area contributed by atoms with E-state index in [1.807, 2.05) is 0 Å². The summed E-state index contributed by atoms with van der Waals surface area (Å²) < 4.78 is 43.0. The lowest BCUT2D eigenvalue weighted by molar-refractivity contribution is -0.136. The molecule has 1 aromatic carbocycles. The van der Waals surface area contributed by atoms with Crippen LogP contribution < -0.4 is 10.6 Å². The van der Waals surface area contributed by atoms with Crippen LogP contribution in [0.15, 0.2) is 42.6 Å². The third kappa shape index (κ3) is 3.87. The first-order valence-corrected chi connectivity index (χ1v) is 6.14. The molecule has 5 nitrogen and oxygen atoms in total. The number of pyridine rings is 1. The van der Waals surface area contributed by atoms with Gasteiger partial charge in [-0.1, -0.05) is 12.1 Å². The molecule has 0 atom stereocenters. The number of amides is 1. The Morgan fingerprint density at radius 1 is 1.18 bits per heavy atom. The van der Waals surface area contributed by atoms with Crippen LogP contribution in [-0.4, -0.2) is 18.2 Å². The SMILES string of the molecule is COC(=O)Nc1ccc(Nc2ccccc2C(F)(F)F)cn1. The van der Waals surface area contributed by atoms with E-state index in [0.717, 1.165) is 6.07 Å². The second kappa shape index (κ2) is 6.33. The lowest BCUT2D eigenvalue weighted by Crippen LogP contribution is -2.12. The second-order valence-electron chi connectivity index (χ2n) is 4.22. The molecule has 0 aliphatic rings. The van der Waals surface area contributed by atoms with Gasteiger partial charge in [0.05, 0.1) is 30.2 Å². The quantitative estimate of drug-likeness (QED) is 0.898. The average Bonchev–Trinajstić information content (AvgIpc) is 2.48. The lowest BCUT2D eigenvalue weighted by atomic mass is 10.1. The number of anilines is 3. The summed E-state index contributed by atoms with van der Waals surface area (Å²) >= 11 is 0. The molecule has 0 aliphatic carbocycles. The van der Waals surface area contributed by atoms with Gasteiger partial charge >= 0.3 is 12.3 Å². The van der Waals surface area contributed by atoms with Crippen LogP contribution in [-0.2, 0) is 10.9 Å². The summed E-state index contributed by atoms with van der Waals surface area (Å²) in [6.07, 6.45) is -3.84. The van der Waals surface area contributed by atoms with Gasteiger partial charge in [0.1, 0.15) is 5.82 Å². The summed E-state index contributed by atoms with van der Waals surface area (Å²) in [5.41, 5.74) is -0.496. The van der Waals surface area contributed by atoms with Crippen LogP contribution in [0.1, 0.15) is 5.56 Å². The zero-order valence-corrected chi connectivity index (χ0v) is 11.4. The Morgan fingerprint density at radius 3 is 2.50 bits per heavy atom. The first-order valence-electron chi connectivity index (χ1n) is 6.14. The smallest absolute Gasteiger partial charge is 0.418 e. The van der Waals surface area contributed by atoms with E-state index in [1.54, 1.807) is 0 Å². The number of hydrogen-bond acceptors (Lipinski definition) is 4. The molecule has 0 saturated heterocycles. The predicted molar refractivity (Wildman–Crippen MR) is 75.0 cm³/mol. The molecular weight excluding hydrogens is 299 g/mol. The van der Waals surface area contributed by atoms with Crippen molar-refractivity contribution in [3.05, 3.63) is 48.2 Å². The van der Waals surface area contributed by atoms with Crippen LogP contribution >= 0.6 is 0 Å². The van der Waals surface area contributed by atoms with Crippen LogP contribution in [0.25, 0.3) is 0 Å². The average molecular weight is 311 g/mol. The van der Waals surface area contributed by atoms with E-state index in [-0.39, 0.29) is 11.5 Å². The zero-order chi connectivity index (χ0) is 16.2. The maximum Gasteiger partial charge on any atom is 0.418 e. The molecule has 1 amide bonds. The monoisotopic (exact) mass is 311 g/mol. The van der Waals surface area contributed by atoms with Crippen molar-refractivity contribution in [3.63, 3.8) is 0 Å². The van der Waals surface area contributed by atoms with Crippen molar-refractivity contribution in [1.29, 1.82) is 0 Å². The van der Waals surface area contributed by atoms with Crippen molar-refractivity contribution in [1.82, 2.24) is 4.98 Å². The molecule has 22 heavy (non-hydrogen) atoms. The molecule has 1 heterocycles. The standard InChI is InChI=1S/C14H12F3N3O2/c1-22-13(21)20-12-7-6-9(8-18-12)19-11-5-3-2-4-10(11)14(15,16)17/h2-8,19H,1H3,(H,18,20,21). The summed E-state index contributed by atoms with van der Waals surface area (Å²) in [5, 5.41) is 4.99. The Morgan fingerprint density at radius 2 is 1.91 bits per heavy atom. The van der Waals surface area contributed by atoms with Gasteiger partial charge in [-0.15, -0.1) is 0 Å². The predicted octanol–water partition coefficient (Wildman–Crippen LogP) is 4.02. The number of carbonyl (C=O) groups is 1. The van der Waals surface area contributed by atoms with Crippen molar-refractivity contribution in [3.8, 4) is 0 Å². The van der Waals surface area contributed by atoms with Gasteiger partial charge in [0.25, 0.3) is 0 Å². The number of alkyl halides is 3. The van der Waals surface area contributed by atoms with E-state index in [9.17, 15) is 18.0 Å². The van der Waals surface area contributed by atoms with Gasteiger partial charge in [0, 0.05) is 0 Å². The molecule has 2 rings (SSSR count). The van der Waals surface area contributed by atoms with Crippen molar-refractivity contribution in [2.45, 2.75) is 6.18 Å². The number of benzene rings is 1. The Hall–Kier alpha value is -2.77. The third-order valence-corrected chi connectivity index (χ3v) is 2.69. The van der Waals surface area contributed by atoms with Crippen LogP contribution in [0.5, 0.6) is 0 Å². The van der Waals surface area contributed by atoms with E-state index in [2.05, 4.69) is 20.4 Å². The highest BCUT2D eigenvalue weighted by Gasteiger charge is 2.33. The van der Waals surface area contributed by atoms with Gasteiger partial charge in [-0.05, 0) is 24.3 Å². The van der Waals surface area contributed by atoms with Crippen molar-refractivity contribution in [2.24, 2.45) is 0 Å². The molecule has 8 heteroatoms. The molecule has 0 bridgehead atoms. The maximum atomic E-state index is 12.9. The summed E-state index contributed by atoms with van der Waals surface area (Å²) in [6.45, 7) is 0. The molecule has 2 N–H and O–H groups in total. The lowest BCUT2D eigenvalue weighted by Gasteiger charge is -2.14. The van der Waals surface area contributed by atoms with Gasteiger partial charge in [0.15, 0.2) is 0 Å². The van der Waals surface area contributed by atoms with Crippen LogP contribution in [0.2, 0.25) is 0 Å². The number of hydrogen-bond donors (Lipinski definition) is 2. The third-order valence-electron chi connectivity index (χ3n) is 2.69. The normalized spacial score (nSPS) is 10.9. The Kier molecular flexibility index (Phi) is 4.50. The minimum atomic E-state index is -4.45. The topological polar surface area (TPSA) is 63.2 Å². The van der Waals surface area contributed by atoms with Gasteiger partial charge in [-0.2, -0.15) is 13.2 Å². The Labute approximate surface area is 124 Å². The zero-order valence-electron chi connectivity index (χ0n) is 11.4. The van der Waals surface area contributed by atoms with Crippen molar-refractivity contribution in [2.75, 3.05) is 17.7 Å². The number of para-hydroxylation sites is 1. The Balaban J connectivity index is 2.17. The molecule has 0 saturated carbocycles. The maximum absolute atomic E-state index is 12.9. The summed E-state index contributed by atoms with van der Waals surface area (Å²) in [7, 11) is 1.21. The van der Waals surface area contributed by atoms with Gasteiger partial charge in [-0.3, -0.25) is 5.32 Å². The first-order chi connectivity index (χ1) is 10.4. The highest BCUT2D eigenvalue weighted by molar-refractivity contribution is 5.83. The molecule has 1 aromatic heterocycles. The molecular formula is C14H12F3N3O2. The van der Waals surface area contributed by atoms with E-state index in [1.165, 1.54) is 43.6 Å². The Bertz CT molecular complexity index is 657. The number of carbonyl (C=O) groups excluding carboxylic acids is 1. The molecule has 116 valence electrons. The summed E-state index contributed by atoms with van der Waals surface area (Å²) in [5.74, 6) is 0.224. The molecule has 0 unspecified atom stereocenters. The van der Waals surface area contributed by atoms with Crippen LogP contribution in [0.3, 0.4) is 0 Å². The summed E-state index contributed by atoms with van der Waals surface area (Å²) in [6, 6.07) is 8.06. The molecule has 2 aromatic rings. The highest BCUT2D eigenvalue weighted by atomic mass is 19.4. The number of halogens is 3. The number of aromatic nitrogens is 1. The number of nitrogens with one attached hydrogen (secondary N) is 2. The highest BCUT2D eigenvalue weighted by Crippen LogP contribution is 2.35. The van der Waals surface area contributed by atoms with Gasteiger partial charge in [-0.25, -0.2) is 9.78 Å². The molecule has 0 fully saturated rings. The number of methoxy groups -OCH3 is 1. The van der Waals surface area contributed by atoms with E-state index in [4.69, 9.17) is 0 Å². The van der Waals surface area contributed by atoms with E-state index >= 15 is 0 Å². The van der Waals surface area contributed by atoms with Gasteiger partial charge in [0.2, 0.25) is 0 Å². The largest absolute Gasteiger partial charge is 0.453 e. The first kappa shape index (κ1) is 15.6. The van der Waals surface area contributed by atoms with Crippen LogP contribution in [0, 0.1) is 0 Å². The summed E-state index contributed by atoms with van der Waals surface area (Å²) in [4.78, 5) is 14.9. The minimum absolute atomic E-state index is 0.0783. The molecule has 0 spiro atoms. The number of ether oxygens (including phenoxy) is 1. The fraction of sp³-hybridized carbons (Fsp3) is 0.143. The fourth-order valence-electron chi connectivity index (χ4n) is 1.69. The van der Waals surface area contributed by atoms with Crippen molar-refractivity contribution < 1.29 is 22.7 Å². The van der Waals surface area contributed by atoms with Crippen LogP contribution in [0.4, 0.5) is 35.2 Å². The van der Waals surface area contributed by atoms with Crippen molar-refractivity contribution >= 4 is 23.3 Å². The minimum Gasteiger partial charge on any atom is -0.453 e. The van der Waals surface area contributed by atoms with Gasteiger partial charge < -0.3 is 10.1 Å².